The Morgan fingerprint density at radius 1 is 1.24 bits per heavy atom. The molecule has 0 unspecified atom stereocenters. The fourth-order valence-electron chi connectivity index (χ4n) is 1.84. The van der Waals surface area contributed by atoms with E-state index < -0.39 is 0 Å². The highest BCUT2D eigenvalue weighted by molar-refractivity contribution is 9.10. The zero-order chi connectivity index (χ0) is 15.4. The van der Waals surface area contributed by atoms with Crippen molar-refractivity contribution in [2.75, 3.05) is 11.9 Å². The Kier molecular flexibility index (Phi) is 5.26. The maximum atomic E-state index is 11.9. The Balaban J connectivity index is 1.97. The van der Waals surface area contributed by atoms with Gasteiger partial charge in [-0.05, 0) is 43.7 Å². The molecule has 2 rings (SSSR count). The summed E-state index contributed by atoms with van der Waals surface area (Å²) in [6.45, 7) is 3.78. The lowest BCUT2D eigenvalue weighted by Crippen LogP contribution is -2.20. The molecule has 5 heteroatoms. The Labute approximate surface area is 137 Å². The van der Waals surface area contributed by atoms with E-state index in [9.17, 15) is 4.79 Å². The number of hydrogen-bond acceptors (Lipinski definition) is 2. The highest BCUT2D eigenvalue weighted by Crippen LogP contribution is 2.31. The predicted octanol–water partition coefficient (Wildman–Crippen LogP) is 4.74. The third kappa shape index (κ3) is 4.48. The van der Waals surface area contributed by atoms with Gasteiger partial charge in [-0.25, -0.2) is 0 Å². The summed E-state index contributed by atoms with van der Waals surface area (Å²) in [6, 6.07) is 11.2. The summed E-state index contributed by atoms with van der Waals surface area (Å²) < 4.78 is 6.39. The molecule has 0 aliphatic carbocycles. The summed E-state index contributed by atoms with van der Waals surface area (Å²) in [7, 11) is 0. The molecule has 1 N–H and O–H groups in total. The van der Waals surface area contributed by atoms with Gasteiger partial charge in [0.1, 0.15) is 5.75 Å². The van der Waals surface area contributed by atoms with Crippen LogP contribution in [0, 0.1) is 13.8 Å². The van der Waals surface area contributed by atoms with Crippen LogP contribution in [0.5, 0.6) is 5.75 Å². The van der Waals surface area contributed by atoms with Crippen molar-refractivity contribution >= 4 is 39.1 Å². The monoisotopic (exact) mass is 367 g/mol. The fourth-order valence-corrected chi connectivity index (χ4v) is 2.87. The van der Waals surface area contributed by atoms with Gasteiger partial charge in [0.2, 0.25) is 0 Å². The quantitative estimate of drug-likeness (QED) is 0.846. The van der Waals surface area contributed by atoms with Gasteiger partial charge < -0.3 is 10.1 Å². The molecule has 0 aliphatic rings. The van der Waals surface area contributed by atoms with Gasteiger partial charge in [0.05, 0.1) is 5.02 Å². The van der Waals surface area contributed by atoms with Crippen LogP contribution in [0.3, 0.4) is 0 Å². The number of carbonyl (C=O) groups excluding carboxylic acids is 1. The number of amides is 1. The van der Waals surface area contributed by atoms with E-state index in [0.717, 1.165) is 21.3 Å². The molecular formula is C16H15BrClNO2. The Morgan fingerprint density at radius 2 is 1.90 bits per heavy atom. The number of rotatable bonds is 4. The number of carbonyl (C=O) groups is 1. The first-order chi connectivity index (χ1) is 9.95. The van der Waals surface area contributed by atoms with E-state index in [1.807, 2.05) is 44.2 Å². The van der Waals surface area contributed by atoms with Gasteiger partial charge in [-0.15, -0.1) is 0 Å². The predicted molar refractivity (Wildman–Crippen MR) is 89.2 cm³/mol. The van der Waals surface area contributed by atoms with Crippen LogP contribution in [0.4, 0.5) is 5.69 Å². The first kappa shape index (κ1) is 15.9. The van der Waals surface area contributed by atoms with Crippen LogP contribution in [0.2, 0.25) is 5.02 Å². The molecule has 21 heavy (non-hydrogen) atoms. The summed E-state index contributed by atoms with van der Waals surface area (Å²) in [5.41, 5.74) is 2.76. The molecule has 0 spiro atoms. The molecule has 0 bridgehead atoms. The number of ether oxygens (including phenoxy) is 1. The Hall–Kier alpha value is -1.52. The molecule has 2 aromatic carbocycles. The normalized spacial score (nSPS) is 10.3. The first-order valence-electron chi connectivity index (χ1n) is 6.40. The Bertz CT molecular complexity index is 633. The first-order valence-corrected chi connectivity index (χ1v) is 7.58. The van der Waals surface area contributed by atoms with Crippen LogP contribution < -0.4 is 10.1 Å². The average Bonchev–Trinajstić information content (AvgIpc) is 2.40. The van der Waals surface area contributed by atoms with Crippen LogP contribution in [0.25, 0.3) is 0 Å². The molecule has 0 heterocycles. The van der Waals surface area contributed by atoms with Crippen LogP contribution in [0.1, 0.15) is 11.1 Å². The second kappa shape index (κ2) is 6.96. The van der Waals surface area contributed by atoms with Crippen molar-refractivity contribution < 1.29 is 9.53 Å². The number of hydrogen-bond donors (Lipinski definition) is 1. The Morgan fingerprint density at radius 3 is 2.52 bits per heavy atom. The molecule has 0 atom stereocenters. The van der Waals surface area contributed by atoms with E-state index in [0.29, 0.717) is 10.8 Å². The molecule has 0 saturated heterocycles. The lowest BCUT2D eigenvalue weighted by atomic mass is 10.2. The second-order valence-corrected chi connectivity index (χ2v) is 6.06. The molecule has 2 aromatic rings. The van der Waals surface area contributed by atoms with Crippen molar-refractivity contribution in [1.29, 1.82) is 0 Å². The topological polar surface area (TPSA) is 38.3 Å². The number of aryl methyl sites for hydroxylation is 2. The standard InChI is InChI=1S/C16H15BrClNO2/c1-10-3-5-13(6-4-10)19-15(20)9-21-16-11(2)7-12(17)8-14(16)18/h3-8H,9H2,1-2H3,(H,19,20). The van der Waals surface area contributed by atoms with Crippen molar-refractivity contribution in [3.05, 3.63) is 57.0 Å². The fraction of sp³-hybridized carbons (Fsp3) is 0.188. The maximum Gasteiger partial charge on any atom is 0.262 e. The van der Waals surface area contributed by atoms with Crippen LogP contribution in [0.15, 0.2) is 40.9 Å². The van der Waals surface area contributed by atoms with Crippen LogP contribution in [-0.2, 0) is 4.79 Å². The average molecular weight is 369 g/mol. The van der Waals surface area contributed by atoms with E-state index in [4.69, 9.17) is 16.3 Å². The van der Waals surface area contributed by atoms with Crippen molar-refractivity contribution in [1.82, 2.24) is 0 Å². The van der Waals surface area contributed by atoms with Crippen molar-refractivity contribution in [2.45, 2.75) is 13.8 Å². The molecule has 3 nitrogen and oxygen atoms in total. The smallest absolute Gasteiger partial charge is 0.262 e. The second-order valence-electron chi connectivity index (χ2n) is 4.74. The highest BCUT2D eigenvalue weighted by atomic mass is 79.9. The molecule has 0 saturated carbocycles. The minimum Gasteiger partial charge on any atom is -0.482 e. The molecule has 110 valence electrons. The molecule has 0 radical (unpaired) electrons. The molecular weight excluding hydrogens is 354 g/mol. The highest BCUT2D eigenvalue weighted by Gasteiger charge is 2.10. The van der Waals surface area contributed by atoms with Gasteiger partial charge in [-0.1, -0.05) is 45.2 Å². The van der Waals surface area contributed by atoms with Crippen molar-refractivity contribution in [2.24, 2.45) is 0 Å². The summed E-state index contributed by atoms with van der Waals surface area (Å²) in [4.78, 5) is 11.9. The van der Waals surface area contributed by atoms with Gasteiger partial charge in [0.25, 0.3) is 5.91 Å². The van der Waals surface area contributed by atoms with E-state index in [2.05, 4.69) is 21.2 Å². The largest absolute Gasteiger partial charge is 0.482 e. The molecule has 0 aromatic heterocycles. The number of anilines is 1. The summed E-state index contributed by atoms with van der Waals surface area (Å²) in [5.74, 6) is 0.302. The van der Waals surface area contributed by atoms with Crippen LogP contribution >= 0.6 is 27.5 Å². The van der Waals surface area contributed by atoms with Crippen molar-refractivity contribution in [3.63, 3.8) is 0 Å². The maximum absolute atomic E-state index is 11.9. The lowest BCUT2D eigenvalue weighted by molar-refractivity contribution is -0.118. The summed E-state index contributed by atoms with van der Waals surface area (Å²) in [6.07, 6.45) is 0. The summed E-state index contributed by atoms with van der Waals surface area (Å²) in [5, 5.41) is 3.25. The third-order valence-electron chi connectivity index (χ3n) is 2.88. The van der Waals surface area contributed by atoms with E-state index in [-0.39, 0.29) is 12.5 Å². The van der Waals surface area contributed by atoms with Crippen LogP contribution in [-0.4, -0.2) is 12.5 Å². The van der Waals surface area contributed by atoms with Gasteiger partial charge in [-0.3, -0.25) is 4.79 Å². The number of halogens is 2. The minimum atomic E-state index is -0.225. The van der Waals surface area contributed by atoms with E-state index in [1.165, 1.54) is 0 Å². The van der Waals surface area contributed by atoms with Gasteiger partial charge >= 0.3 is 0 Å². The molecule has 0 fully saturated rings. The number of benzene rings is 2. The summed E-state index contributed by atoms with van der Waals surface area (Å²) >= 11 is 9.47. The SMILES string of the molecule is Cc1ccc(NC(=O)COc2c(C)cc(Br)cc2Cl)cc1. The number of nitrogens with one attached hydrogen (secondary N) is 1. The molecule has 0 aliphatic heterocycles. The van der Waals surface area contributed by atoms with Crippen molar-refractivity contribution in [3.8, 4) is 5.75 Å². The lowest BCUT2D eigenvalue weighted by Gasteiger charge is -2.11. The molecule has 1 amide bonds. The zero-order valence-corrected chi connectivity index (χ0v) is 14.1. The zero-order valence-electron chi connectivity index (χ0n) is 11.7. The van der Waals surface area contributed by atoms with Gasteiger partial charge in [-0.2, -0.15) is 0 Å². The minimum absolute atomic E-state index is 0.0872. The third-order valence-corrected chi connectivity index (χ3v) is 3.62. The van der Waals surface area contributed by atoms with Gasteiger partial charge in [0, 0.05) is 10.2 Å². The van der Waals surface area contributed by atoms with E-state index >= 15 is 0 Å². The van der Waals surface area contributed by atoms with Gasteiger partial charge in [0.15, 0.2) is 6.61 Å². The van der Waals surface area contributed by atoms with E-state index in [1.54, 1.807) is 6.07 Å².